The molecule has 5 aliphatic rings. The number of likely N-dealkylation sites (N-methyl/N-ethyl adjacent to an activating group) is 7. The van der Waals surface area contributed by atoms with Gasteiger partial charge in [0.1, 0.15) is 107 Å². The number of alkyl carbamates (subject to hydrolysis) is 1. The van der Waals surface area contributed by atoms with E-state index in [0.717, 1.165) is 59.9 Å². The maximum Gasteiger partial charge on any atom is 0.408 e. The number of anilines is 1. The number of rotatable bonds is 24. The zero-order valence-electron chi connectivity index (χ0n) is 87.6. The summed E-state index contributed by atoms with van der Waals surface area (Å²) in [5, 5.41) is 45.7. The molecule has 3 aliphatic heterocycles. The summed E-state index contributed by atoms with van der Waals surface area (Å²) in [6, 6.07) is -6.84. The third-order valence-corrected chi connectivity index (χ3v) is 28.2. The van der Waals surface area contributed by atoms with E-state index in [2.05, 4.69) is 37.2 Å². The summed E-state index contributed by atoms with van der Waals surface area (Å²) < 4.78 is 17.9. The molecule has 1 aromatic carbocycles. The van der Waals surface area contributed by atoms with Gasteiger partial charge in [0.2, 0.25) is 76.8 Å². The molecule has 5 heterocycles. The van der Waals surface area contributed by atoms with Gasteiger partial charge in [-0.05, 0) is 172 Å². The highest BCUT2D eigenvalue weighted by Crippen LogP contribution is 2.46. The lowest BCUT2D eigenvalue weighted by Gasteiger charge is -2.41. The lowest BCUT2D eigenvalue weighted by atomic mass is 9.91. The molecule has 18 atom stereocenters. The predicted molar refractivity (Wildman–Crippen MR) is 536 cm³/mol. The Morgan fingerprint density at radius 2 is 1.19 bits per heavy atom. The van der Waals surface area contributed by atoms with E-state index in [1.807, 2.05) is 110 Å². The SMILES string of the molecule is C/C=C/C[C@@H](C)[C@@H](O)[C@H]1C(=O)N[C@@H](CC)C(=O)N(C)CC(=O)N(C)[C@@H]([C@@H](C)CC)C(=O)N[C@@H](C(C)C)C(=O)N(C)[C@@H](CC(C)C)C(=O)N[C@@H](C)C(=O)N[C@H](C)C(=O)N(C)[C@@H](CC(C)C)C(=O)N(C)[C@@H](CC(C)C)C(=O)N(C)[C@@H](C(C)C)C(=O)N1C.COc1ccc2c(O[C@@H]3C[C@H]4C(=O)N[C@]5(C(=O)O)C[C@H]5/C=C\CCCCC[C@H](NC(=O)OC5CCCC5)C(=O)N4C3)cc(-c3csc(NC(C)C)n3)nc2c1. The van der Waals surface area contributed by atoms with Gasteiger partial charge in [0, 0.05) is 90.6 Å². The molecule has 2 aliphatic carbocycles. The van der Waals surface area contributed by atoms with Gasteiger partial charge in [0.25, 0.3) is 0 Å². The van der Waals surface area contributed by atoms with E-state index in [4.69, 9.17) is 24.2 Å². The Kier molecular flexibility index (Phi) is 43.6. The van der Waals surface area contributed by atoms with Crippen LogP contribution < -0.4 is 46.7 Å². The second-order valence-electron chi connectivity index (χ2n) is 41.1. The lowest BCUT2D eigenvalue weighted by molar-refractivity contribution is -0.157. The molecular weight excluding hydrogens is 1820 g/mol. The molecule has 0 spiro atoms. The second kappa shape index (κ2) is 52.6. The molecular formula is C102H161N17O20S. The molecule has 0 bridgehead atoms. The normalized spacial score (nSPS) is 27.0. The molecule has 9 N–H and O–H groups in total. The third kappa shape index (κ3) is 30.3. The topological polar surface area (TPSA) is 460 Å². The number of thiazole rings is 1. The molecule has 780 valence electrons. The van der Waals surface area contributed by atoms with Crippen molar-refractivity contribution in [3.63, 3.8) is 0 Å². The van der Waals surface area contributed by atoms with Crippen molar-refractivity contribution < 1.29 is 96.3 Å². The van der Waals surface area contributed by atoms with Crippen LogP contribution in [-0.2, 0) is 71.9 Å². The number of methoxy groups -OCH3 is 1. The third-order valence-electron chi connectivity index (χ3n) is 27.4. The highest BCUT2D eigenvalue weighted by molar-refractivity contribution is 7.14. The number of allylic oxidation sites excluding steroid dienone is 3. The zero-order chi connectivity index (χ0) is 105. The summed E-state index contributed by atoms with van der Waals surface area (Å²) in [4.78, 5) is 234. The number of benzene rings is 1. The number of hydrogen-bond acceptors (Lipinski definition) is 23. The molecule has 14 amide bonds. The van der Waals surface area contributed by atoms with Crippen LogP contribution >= 0.6 is 11.3 Å². The number of carboxylic acids is 1. The molecule has 2 saturated carbocycles. The van der Waals surface area contributed by atoms with Gasteiger partial charge >= 0.3 is 12.1 Å². The number of hydrogen-bond donors (Lipinski definition) is 9. The fourth-order valence-corrected chi connectivity index (χ4v) is 19.6. The zero-order valence-corrected chi connectivity index (χ0v) is 88.4. The van der Waals surface area contributed by atoms with Crippen LogP contribution in [0.5, 0.6) is 11.5 Å². The Hall–Kier alpha value is -11.1. The second-order valence-corrected chi connectivity index (χ2v) is 42.0. The molecule has 0 radical (unpaired) electrons. The minimum Gasteiger partial charge on any atom is -0.497 e. The van der Waals surface area contributed by atoms with Crippen LogP contribution in [0.1, 0.15) is 241 Å². The molecule has 140 heavy (non-hydrogen) atoms. The molecule has 8 rings (SSSR count). The largest absolute Gasteiger partial charge is 0.497 e. The van der Waals surface area contributed by atoms with Gasteiger partial charge in [-0.25, -0.2) is 19.6 Å². The van der Waals surface area contributed by atoms with E-state index < -0.39 is 209 Å². The van der Waals surface area contributed by atoms with Gasteiger partial charge in [-0.2, -0.15) is 0 Å². The fourth-order valence-electron chi connectivity index (χ4n) is 18.7. The average molecular weight is 1980 g/mol. The van der Waals surface area contributed by atoms with Crippen LogP contribution in [0, 0.1) is 47.3 Å². The van der Waals surface area contributed by atoms with Crippen molar-refractivity contribution in [1.29, 1.82) is 0 Å². The molecule has 37 nitrogen and oxygen atoms in total. The number of carboxylic acid groups (broad SMARTS) is 1. The predicted octanol–water partition coefficient (Wildman–Crippen LogP) is 9.32. The van der Waals surface area contributed by atoms with Gasteiger partial charge in [0.05, 0.1) is 37.5 Å². The number of fused-ring (bicyclic) bond motifs is 3. The number of carbonyl (C=O) groups is 15. The van der Waals surface area contributed by atoms with Crippen molar-refractivity contribution in [3.05, 3.63) is 53.9 Å². The molecule has 4 fully saturated rings. The van der Waals surface area contributed by atoms with Crippen LogP contribution in [0.4, 0.5) is 9.93 Å². The van der Waals surface area contributed by atoms with Crippen molar-refractivity contribution in [2.24, 2.45) is 47.3 Å². The maximum atomic E-state index is 15.1. The van der Waals surface area contributed by atoms with Crippen molar-refractivity contribution in [3.8, 4) is 22.9 Å². The van der Waals surface area contributed by atoms with Gasteiger partial charge in [-0.15, -0.1) is 11.3 Å². The summed E-state index contributed by atoms with van der Waals surface area (Å²) in [7, 11) is 11.5. The first kappa shape index (κ1) is 116. The van der Waals surface area contributed by atoms with Crippen molar-refractivity contribution >= 4 is 116 Å². The lowest BCUT2D eigenvalue weighted by Crippen LogP contribution is -2.63. The van der Waals surface area contributed by atoms with Gasteiger partial charge < -0.3 is 101 Å². The van der Waals surface area contributed by atoms with Gasteiger partial charge in [0.15, 0.2) is 5.13 Å². The quantitative estimate of drug-likeness (QED) is 0.0377. The summed E-state index contributed by atoms with van der Waals surface area (Å²) in [5.41, 5.74) is 0.394. The highest BCUT2D eigenvalue weighted by Gasteiger charge is 2.62. The number of amides is 14. The minimum absolute atomic E-state index is 0.0224. The van der Waals surface area contributed by atoms with E-state index >= 15 is 9.59 Å². The molecule has 3 aromatic rings. The number of aromatic nitrogens is 2. The number of carbonyl (C=O) groups excluding carboxylic acids is 14. The first-order valence-electron chi connectivity index (χ1n) is 50.0. The molecule has 0 unspecified atom stereocenters. The number of nitrogens with zero attached hydrogens (tertiary/aromatic N) is 10. The van der Waals surface area contributed by atoms with Crippen LogP contribution in [-0.4, -0.2) is 320 Å². The number of nitrogens with one attached hydrogen (secondary N) is 7. The molecule has 2 aromatic heterocycles. The standard InChI is InChI=1S/C62H111N11O12.C40H50N6O8S/c1-25-28-29-40(15)52(75)51-56(79)65-43(27-3)58(81)67(18)33-47(74)71(22)50(39(14)26-2)55(78)66-48(37(10)11)61(84)68(19)44(30-34(4)5)54(77)63-41(16)53(76)64-42(17)57(80)69(20)45(31-35(6)7)59(82)70(21)46(32-36(8)9)60(83)72(23)49(38(12)13)62(85)73(51)24;1-23(2)41-38-43-32(22-55-38)31-19-34(28-16-15-26(52-3)17-30(28)42-31)53-27-18-33-35(47)45-40(37(49)50)20-24(40)11-7-5-4-6-8-14-29(36(48)46(33)21-27)44-39(51)54-25-12-9-10-13-25/h25,28,34-46,48-52,75H,26-27,29-33H2,1-24H3,(H,63,77)(H,64,76)(H,65,79)(H,66,78);7,11,15-17,19,22-25,27,29,33H,4-6,8-10,12-14,18,20-21H2,1-3H3,(H,41,43)(H,44,51)(H,45,47)(H,49,50)/b28-25+;11-7-/t39-,40+,41-,42+,43-,44-,45-,46-,48-,49-,50-,51-,52+;24-,27-,29+,33+,40-/m01/s1. The highest BCUT2D eigenvalue weighted by atomic mass is 32.1. The Morgan fingerprint density at radius 1 is 0.607 bits per heavy atom. The van der Waals surface area contributed by atoms with Gasteiger partial charge in [-0.1, -0.05) is 140 Å². The monoisotopic (exact) mass is 1980 g/mol. The Bertz CT molecular complexity index is 4860. The van der Waals surface area contributed by atoms with E-state index in [9.17, 15) is 72.5 Å². The van der Waals surface area contributed by atoms with Gasteiger partial charge in [-0.3, -0.25) is 62.3 Å². The molecule has 2 saturated heterocycles. The van der Waals surface area contributed by atoms with Crippen LogP contribution in [0.2, 0.25) is 0 Å². The number of aliphatic carboxylic acids is 1. The van der Waals surface area contributed by atoms with Crippen LogP contribution in [0.3, 0.4) is 0 Å². The first-order valence-corrected chi connectivity index (χ1v) is 50.9. The maximum absolute atomic E-state index is 15.1. The van der Waals surface area contributed by atoms with E-state index in [1.54, 1.807) is 68.6 Å². The summed E-state index contributed by atoms with van der Waals surface area (Å²) in [6.45, 7) is 33.3. The average Bonchev–Trinajstić information content (AvgIpc) is 1.58. The minimum atomic E-state index is -1.61. The van der Waals surface area contributed by atoms with E-state index in [1.165, 1.54) is 104 Å². The number of pyridine rings is 1. The number of aliphatic hydroxyl groups is 1. The van der Waals surface area contributed by atoms with E-state index in [-0.39, 0.29) is 80.9 Å². The fraction of sp³-hybridized carbons (Fsp3) is 0.696. The Balaban J connectivity index is 0.000000413. The smallest absolute Gasteiger partial charge is 0.408 e. The van der Waals surface area contributed by atoms with Crippen LogP contribution in [0.25, 0.3) is 22.3 Å². The summed E-state index contributed by atoms with van der Waals surface area (Å²) >= 11 is 1.47. The Morgan fingerprint density at radius 3 is 1.77 bits per heavy atom. The summed E-state index contributed by atoms with van der Waals surface area (Å²) in [5.74, 6) is -11.4. The molecule has 38 heteroatoms. The van der Waals surface area contributed by atoms with Crippen molar-refractivity contribution in [1.82, 2.24) is 81.1 Å². The number of ether oxygens (including phenoxy) is 3. The van der Waals surface area contributed by atoms with E-state index in [0.29, 0.717) is 59.5 Å². The Labute approximate surface area is 831 Å². The van der Waals surface area contributed by atoms with Crippen molar-refractivity contribution in [2.45, 2.75) is 343 Å². The van der Waals surface area contributed by atoms with Crippen LogP contribution in [0.15, 0.2) is 53.9 Å². The summed E-state index contributed by atoms with van der Waals surface area (Å²) in [6.07, 6.45) is 13.0. The first-order chi connectivity index (χ1) is 65.8. The number of aliphatic hydroxyl groups excluding tert-OH is 1. The van der Waals surface area contributed by atoms with Crippen molar-refractivity contribution in [2.75, 3.05) is 74.8 Å².